The quantitative estimate of drug-likeness (QED) is 0.872. The highest BCUT2D eigenvalue weighted by Gasteiger charge is 2.10. The molecule has 1 nitrogen and oxygen atoms in total. The Morgan fingerprint density at radius 1 is 1.05 bits per heavy atom. The predicted molar refractivity (Wildman–Crippen MR) is 85.7 cm³/mol. The zero-order valence-electron chi connectivity index (χ0n) is 11.0. The molecule has 19 heavy (non-hydrogen) atoms. The highest BCUT2D eigenvalue weighted by Crippen LogP contribution is 2.31. The Morgan fingerprint density at radius 2 is 1.68 bits per heavy atom. The fraction of sp³-hybridized carbons (Fsp3) is 0.250. The standard InChI is InChI=1S/C16H18ClNS/c1-12-2-6-14(7-3-12)16(10-18)19-11-13-4-8-15(17)9-5-13/h2-9,16H,10-11,18H2,1H3. The average Bonchev–Trinajstić information content (AvgIpc) is 2.43. The molecule has 1 unspecified atom stereocenters. The van der Waals surface area contributed by atoms with Crippen LogP contribution in [-0.2, 0) is 5.75 Å². The van der Waals surface area contributed by atoms with Crippen molar-refractivity contribution in [3.05, 3.63) is 70.2 Å². The highest BCUT2D eigenvalue weighted by atomic mass is 35.5. The first-order valence-corrected chi connectivity index (χ1v) is 7.74. The molecule has 2 aromatic carbocycles. The van der Waals surface area contributed by atoms with E-state index in [1.807, 2.05) is 23.9 Å². The third-order valence-electron chi connectivity index (χ3n) is 3.03. The Bertz CT molecular complexity index is 507. The Balaban J connectivity index is 1.99. The molecule has 0 radical (unpaired) electrons. The lowest BCUT2D eigenvalue weighted by Gasteiger charge is -2.15. The second kappa shape index (κ2) is 6.99. The lowest BCUT2D eigenvalue weighted by molar-refractivity contribution is 0.939. The van der Waals surface area contributed by atoms with Gasteiger partial charge in [0.15, 0.2) is 0 Å². The number of benzene rings is 2. The Hall–Kier alpha value is -0.960. The zero-order valence-corrected chi connectivity index (χ0v) is 12.5. The van der Waals surface area contributed by atoms with Gasteiger partial charge in [-0.15, -0.1) is 11.8 Å². The largest absolute Gasteiger partial charge is 0.329 e. The summed E-state index contributed by atoms with van der Waals surface area (Å²) in [5.74, 6) is 0.951. The molecule has 0 aliphatic carbocycles. The third-order valence-corrected chi connectivity index (χ3v) is 4.65. The molecule has 3 heteroatoms. The molecule has 0 spiro atoms. The van der Waals surface area contributed by atoms with Crippen LogP contribution in [0.2, 0.25) is 5.02 Å². The van der Waals surface area contributed by atoms with E-state index in [1.54, 1.807) is 0 Å². The summed E-state index contributed by atoms with van der Waals surface area (Å²) in [7, 11) is 0. The van der Waals surface area contributed by atoms with Gasteiger partial charge in [-0.2, -0.15) is 0 Å². The Kier molecular flexibility index (Phi) is 5.32. The monoisotopic (exact) mass is 291 g/mol. The van der Waals surface area contributed by atoms with E-state index in [9.17, 15) is 0 Å². The number of thioether (sulfide) groups is 1. The van der Waals surface area contributed by atoms with Gasteiger partial charge in [-0.25, -0.2) is 0 Å². The van der Waals surface area contributed by atoms with Crippen molar-refractivity contribution in [3.63, 3.8) is 0 Å². The Labute approximate surface area is 124 Å². The van der Waals surface area contributed by atoms with Crippen molar-refractivity contribution >= 4 is 23.4 Å². The van der Waals surface area contributed by atoms with Gasteiger partial charge in [-0.3, -0.25) is 0 Å². The van der Waals surface area contributed by atoms with Crippen LogP contribution in [0.4, 0.5) is 0 Å². The number of nitrogens with two attached hydrogens (primary N) is 1. The molecule has 2 aromatic rings. The van der Waals surface area contributed by atoms with Crippen LogP contribution in [0.15, 0.2) is 48.5 Å². The number of aryl methyl sites for hydroxylation is 1. The zero-order chi connectivity index (χ0) is 13.7. The van der Waals surface area contributed by atoms with E-state index in [0.29, 0.717) is 11.8 Å². The normalized spacial score (nSPS) is 12.4. The maximum absolute atomic E-state index is 5.89. The van der Waals surface area contributed by atoms with Gasteiger partial charge in [0, 0.05) is 22.6 Å². The van der Waals surface area contributed by atoms with Crippen LogP contribution in [-0.4, -0.2) is 6.54 Å². The van der Waals surface area contributed by atoms with E-state index in [4.69, 9.17) is 17.3 Å². The van der Waals surface area contributed by atoms with E-state index in [2.05, 4.69) is 43.3 Å². The summed E-state index contributed by atoms with van der Waals surface area (Å²) in [6.45, 7) is 2.75. The van der Waals surface area contributed by atoms with E-state index in [1.165, 1.54) is 16.7 Å². The van der Waals surface area contributed by atoms with Gasteiger partial charge >= 0.3 is 0 Å². The molecule has 2 N–H and O–H groups in total. The molecular weight excluding hydrogens is 274 g/mol. The van der Waals surface area contributed by atoms with Gasteiger partial charge in [0.05, 0.1) is 0 Å². The van der Waals surface area contributed by atoms with Gasteiger partial charge in [-0.05, 0) is 30.2 Å². The van der Waals surface area contributed by atoms with Crippen molar-refractivity contribution in [2.75, 3.05) is 6.54 Å². The predicted octanol–water partition coefficient (Wildman–Crippen LogP) is 4.58. The maximum atomic E-state index is 5.89. The number of rotatable bonds is 5. The summed E-state index contributed by atoms with van der Waals surface area (Å²) >= 11 is 7.76. The van der Waals surface area contributed by atoms with Crippen molar-refractivity contribution < 1.29 is 0 Å². The fourth-order valence-corrected chi connectivity index (χ4v) is 3.06. The van der Waals surface area contributed by atoms with E-state index >= 15 is 0 Å². The molecule has 0 aliphatic heterocycles. The van der Waals surface area contributed by atoms with Crippen molar-refractivity contribution in [1.29, 1.82) is 0 Å². The molecule has 0 aromatic heterocycles. The minimum Gasteiger partial charge on any atom is -0.329 e. The van der Waals surface area contributed by atoms with Crippen LogP contribution in [0, 0.1) is 6.92 Å². The number of hydrogen-bond acceptors (Lipinski definition) is 2. The summed E-state index contributed by atoms with van der Waals surface area (Å²) in [5.41, 5.74) is 9.74. The first-order valence-electron chi connectivity index (χ1n) is 6.31. The van der Waals surface area contributed by atoms with Gasteiger partial charge < -0.3 is 5.73 Å². The first kappa shape index (κ1) is 14.4. The van der Waals surface area contributed by atoms with Gasteiger partial charge in [0.1, 0.15) is 0 Å². The summed E-state index contributed by atoms with van der Waals surface area (Å²) in [6.07, 6.45) is 0. The summed E-state index contributed by atoms with van der Waals surface area (Å²) < 4.78 is 0. The molecular formula is C16H18ClNS. The molecule has 2 rings (SSSR count). The summed E-state index contributed by atoms with van der Waals surface area (Å²) in [4.78, 5) is 0. The molecule has 0 aliphatic rings. The van der Waals surface area contributed by atoms with E-state index in [-0.39, 0.29) is 0 Å². The van der Waals surface area contributed by atoms with Crippen LogP contribution in [0.5, 0.6) is 0 Å². The second-order valence-electron chi connectivity index (χ2n) is 4.57. The third kappa shape index (κ3) is 4.27. The first-order chi connectivity index (χ1) is 9.19. The molecule has 0 amide bonds. The minimum atomic E-state index is 0.344. The van der Waals surface area contributed by atoms with Crippen molar-refractivity contribution in [2.24, 2.45) is 5.73 Å². The second-order valence-corrected chi connectivity index (χ2v) is 6.20. The lowest BCUT2D eigenvalue weighted by Crippen LogP contribution is -2.09. The van der Waals surface area contributed by atoms with Crippen LogP contribution in [0.1, 0.15) is 21.9 Å². The van der Waals surface area contributed by atoms with Crippen LogP contribution in [0.3, 0.4) is 0 Å². The number of hydrogen-bond donors (Lipinski definition) is 1. The lowest BCUT2D eigenvalue weighted by atomic mass is 10.1. The van der Waals surface area contributed by atoms with E-state index in [0.717, 1.165) is 10.8 Å². The van der Waals surface area contributed by atoms with Crippen molar-refractivity contribution in [2.45, 2.75) is 17.9 Å². The maximum Gasteiger partial charge on any atom is 0.0422 e. The molecule has 0 fully saturated rings. The molecule has 1 atom stereocenters. The van der Waals surface area contributed by atoms with Crippen LogP contribution < -0.4 is 5.73 Å². The summed E-state index contributed by atoms with van der Waals surface area (Å²) in [6, 6.07) is 16.6. The Morgan fingerprint density at radius 3 is 2.26 bits per heavy atom. The molecule has 0 bridgehead atoms. The van der Waals surface area contributed by atoms with Crippen molar-refractivity contribution in [3.8, 4) is 0 Å². The molecule has 0 heterocycles. The SMILES string of the molecule is Cc1ccc(C(CN)SCc2ccc(Cl)cc2)cc1. The molecule has 0 saturated heterocycles. The average molecular weight is 292 g/mol. The van der Waals surface area contributed by atoms with Gasteiger partial charge in [0.2, 0.25) is 0 Å². The summed E-state index contributed by atoms with van der Waals surface area (Å²) in [5, 5.41) is 1.12. The minimum absolute atomic E-state index is 0.344. The molecule has 100 valence electrons. The fourth-order valence-electron chi connectivity index (χ4n) is 1.86. The molecule has 0 saturated carbocycles. The van der Waals surface area contributed by atoms with Crippen molar-refractivity contribution in [1.82, 2.24) is 0 Å². The van der Waals surface area contributed by atoms with Crippen LogP contribution in [0.25, 0.3) is 0 Å². The van der Waals surface area contributed by atoms with Gasteiger partial charge in [-0.1, -0.05) is 53.6 Å². The topological polar surface area (TPSA) is 26.0 Å². The van der Waals surface area contributed by atoms with E-state index < -0.39 is 0 Å². The smallest absolute Gasteiger partial charge is 0.0422 e. The highest BCUT2D eigenvalue weighted by molar-refractivity contribution is 7.98. The number of halogens is 1. The van der Waals surface area contributed by atoms with Crippen LogP contribution >= 0.6 is 23.4 Å². The van der Waals surface area contributed by atoms with Gasteiger partial charge in [0.25, 0.3) is 0 Å².